The molecule has 3 rings (SSSR count). The second-order valence-electron chi connectivity index (χ2n) is 6.09. The lowest BCUT2D eigenvalue weighted by molar-refractivity contribution is 0.354. The molecule has 0 aliphatic rings. The Labute approximate surface area is 163 Å². The Kier molecular flexibility index (Phi) is 5.58. The normalized spacial score (nSPS) is 11.1. The van der Waals surface area contributed by atoms with Gasteiger partial charge in [0.15, 0.2) is 11.5 Å². The van der Waals surface area contributed by atoms with E-state index < -0.39 is 0 Å². The molecule has 2 aromatic carbocycles. The minimum atomic E-state index is 0.488. The number of allylic oxidation sites excluding steroid dienone is 1. The first kappa shape index (κ1) is 18.7. The van der Waals surface area contributed by atoms with Gasteiger partial charge >= 0.3 is 0 Å². The van der Waals surface area contributed by atoms with Crippen LogP contribution in [0, 0.1) is 25.2 Å². The number of para-hydroxylation sites is 1. The van der Waals surface area contributed by atoms with E-state index in [0.29, 0.717) is 22.1 Å². The molecule has 0 spiro atoms. The summed E-state index contributed by atoms with van der Waals surface area (Å²) in [7, 11) is 3.18. The molecule has 0 atom stereocenters. The minimum Gasteiger partial charge on any atom is -0.493 e. The molecule has 0 aliphatic carbocycles. The van der Waals surface area contributed by atoms with Gasteiger partial charge in [0.1, 0.15) is 11.1 Å². The SMILES string of the molecule is COc1cccc(/C=C(\C#N)c2nc(-c3ccc(C)c(C)c3)cs2)c1OC. The monoisotopic (exact) mass is 376 g/mol. The fourth-order valence-electron chi connectivity index (χ4n) is 2.75. The van der Waals surface area contributed by atoms with Crippen molar-refractivity contribution in [2.24, 2.45) is 0 Å². The van der Waals surface area contributed by atoms with E-state index in [1.54, 1.807) is 20.3 Å². The van der Waals surface area contributed by atoms with Crippen molar-refractivity contribution in [3.63, 3.8) is 0 Å². The number of thiazole rings is 1. The molecule has 1 aromatic heterocycles. The van der Waals surface area contributed by atoms with Crippen LogP contribution in [0.5, 0.6) is 11.5 Å². The van der Waals surface area contributed by atoms with E-state index >= 15 is 0 Å². The van der Waals surface area contributed by atoms with Crippen molar-refractivity contribution < 1.29 is 9.47 Å². The summed E-state index contributed by atoms with van der Waals surface area (Å²) in [6.45, 7) is 4.17. The summed E-state index contributed by atoms with van der Waals surface area (Å²) in [6.07, 6.45) is 1.78. The molecule has 0 fully saturated rings. The number of hydrogen-bond acceptors (Lipinski definition) is 5. The molecule has 0 radical (unpaired) electrons. The van der Waals surface area contributed by atoms with Gasteiger partial charge < -0.3 is 9.47 Å². The Morgan fingerprint density at radius 3 is 2.59 bits per heavy atom. The second kappa shape index (κ2) is 8.07. The smallest absolute Gasteiger partial charge is 0.167 e. The molecule has 0 bridgehead atoms. The topological polar surface area (TPSA) is 55.1 Å². The maximum absolute atomic E-state index is 9.67. The maximum Gasteiger partial charge on any atom is 0.167 e. The zero-order valence-corrected chi connectivity index (χ0v) is 16.6. The molecule has 0 saturated heterocycles. The second-order valence-corrected chi connectivity index (χ2v) is 6.95. The Bertz CT molecular complexity index is 1040. The Morgan fingerprint density at radius 1 is 1.11 bits per heavy atom. The molecule has 0 N–H and O–H groups in total. The van der Waals surface area contributed by atoms with Crippen molar-refractivity contribution in [3.8, 4) is 28.8 Å². The minimum absolute atomic E-state index is 0.488. The number of rotatable bonds is 5. The lowest BCUT2D eigenvalue weighted by Gasteiger charge is -2.10. The molecule has 27 heavy (non-hydrogen) atoms. The molecule has 3 aromatic rings. The van der Waals surface area contributed by atoms with Gasteiger partial charge in [0.05, 0.1) is 25.5 Å². The lowest BCUT2D eigenvalue weighted by atomic mass is 10.0. The van der Waals surface area contributed by atoms with Crippen molar-refractivity contribution >= 4 is 23.0 Å². The third-order valence-corrected chi connectivity index (χ3v) is 5.27. The van der Waals surface area contributed by atoms with Crippen LogP contribution in [0.3, 0.4) is 0 Å². The third kappa shape index (κ3) is 3.86. The highest BCUT2D eigenvalue weighted by Gasteiger charge is 2.13. The van der Waals surface area contributed by atoms with E-state index in [1.807, 2.05) is 23.6 Å². The molecule has 0 saturated carbocycles. The number of aryl methyl sites for hydroxylation is 2. The molecular formula is C22H20N2O2S. The predicted molar refractivity (Wildman–Crippen MR) is 110 cm³/mol. The number of nitriles is 1. The van der Waals surface area contributed by atoms with Gasteiger partial charge in [-0.15, -0.1) is 11.3 Å². The van der Waals surface area contributed by atoms with Crippen molar-refractivity contribution in [2.45, 2.75) is 13.8 Å². The maximum atomic E-state index is 9.67. The van der Waals surface area contributed by atoms with Gasteiger partial charge in [0, 0.05) is 16.5 Å². The van der Waals surface area contributed by atoms with Gasteiger partial charge in [0.25, 0.3) is 0 Å². The molecule has 1 heterocycles. The van der Waals surface area contributed by atoms with Crippen molar-refractivity contribution in [2.75, 3.05) is 14.2 Å². The molecule has 4 nitrogen and oxygen atoms in total. The molecular weight excluding hydrogens is 356 g/mol. The van der Waals surface area contributed by atoms with E-state index in [4.69, 9.17) is 9.47 Å². The van der Waals surface area contributed by atoms with Crippen LogP contribution >= 0.6 is 11.3 Å². The predicted octanol–water partition coefficient (Wildman–Crippen LogP) is 5.51. The summed E-state index contributed by atoms with van der Waals surface area (Å²) < 4.78 is 10.8. The van der Waals surface area contributed by atoms with Crippen LogP contribution in [-0.2, 0) is 0 Å². The van der Waals surface area contributed by atoms with Crippen LogP contribution in [0.2, 0.25) is 0 Å². The van der Waals surface area contributed by atoms with Gasteiger partial charge in [-0.05, 0) is 43.2 Å². The molecule has 0 unspecified atom stereocenters. The largest absolute Gasteiger partial charge is 0.493 e. The Morgan fingerprint density at radius 2 is 1.93 bits per heavy atom. The van der Waals surface area contributed by atoms with Crippen LogP contribution in [0.1, 0.15) is 21.7 Å². The molecule has 0 amide bonds. The number of aromatic nitrogens is 1. The van der Waals surface area contributed by atoms with Gasteiger partial charge in [-0.3, -0.25) is 0 Å². The van der Waals surface area contributed by atoms with Crippen molar-refractivity contribution in [1.82, 2.24) is 4.98 Å². The number of hydrogen-bond donors (Lipinski definition) is 0. The molecule has 136 valence electrons. The van der Waals surface area contributed by atoms with Crippen LogP contribution in [0.15, 0.2) is 41.8 Å². The standard InChI is InChI=1S/C22H20N2O2S/c1-14-8-9-16(10-15(14)2)19-13-27-22(24-19)18(12-23)11-17-6-5-7-20(25-3)21(17)26-4/h5-11,13H,1-4H3/b18-11+. The third-order valence-electron chi connectivity index (χ3n) is 4.39. The summed E-state index contributed by atoms with van der Waals surface area (Å²) in [5, 5.41) is 12.3. The van der Waals surface area contributed by atoms with E-state index in [1.165, 1.54) is 22.5 Å². The summed E-state index contributed by atoms with van der Waals surface area (Å²) in [6, 6.07) is 14.1. The van der Waals surface area contributed by atoms with E-state index in [9.17, 15) is 5.26 Å². The first-order chi connectivity index (χ1) is 13.1. The van der Waals surface area contributed by atoms with E-state index in [2.05, 4.69) is 43.1 Å². The summed E-state index contributed by atoms with van der Waals surface area (Å²) in [4.78, 5) is 4.67. The Balaban J connectivity index is 2.00. The number of nitrogens with zero attached hydrogens (tertiary/aromatic N) is 2. The quantitative estimate of drug-likeness (QED) is 0.551. The summed E-state index contributed by atoms with van der Waals surface area (Å²) >= 11 is 1.46. The van der Waals surface area contributed by atoms with E-state index in [-0.39, 0.29) is 0 Å². The summed E-state index contributed by atoms with van der Waals surface area (Å²) in [5.41, 5.74) is 5.66. The fraction of sp³-hybridized carbons (Fsp3) is 0.182. The highest BCUT2D eigenvalue weighted by Crippen LogP contribution is 2.34. The van der Waals surface area contributed by atoms with Crippen LogP contribution < -0.4 is 9.47 Å². The zero-order chi connectivity index (χ0) is 19.4. The zero-order valence-electron chi connectivity index (χ0n) is 15.7. The van der Waals surface area contributed by atoms with Crippen molar-refractivity contribution in [3.05, 3.63) is 63.5 Å². The average Bonchev–Trinajstić information content (AvgIpc) is 3.17. The highest BCUT2D eigenvalue weighted by molar-refractivity contribution is 7.11. The van der Waals surface area contributed by atoms with E-state index in [0.717, 1.165) is 16.8 Å². The number of benzene rings is 2. The van der Waals surface area contributed by atoms with Crippen molar-refractivity contribution in [1.29, 1.82) is 5.26 Å². The highest BCUT2D eigenvalue weighted by atomic mass is 32.1. The molecule has 0 aliphatic heterocycles. The summed E-state index contributed by atoms with van der Waals surface area (Å²) in [5.74, 6) is 1.22. The Hall–Kier alpha value is -3.10. The van der Waals surface area contributed by atoms with Gasteiger partial charge in [-0.2, -0.15) is 5.26 Å². The number of ether oxygens (including phenoxy) is 2. The lowest BCUT2D eigenvalue weighted by Crippen LogP contribution is -1.93. The van der Waals surface area contributed by atoms with Crippen LogP contribution in [0.4, 0.5) is 0 Å². The van der Waals surface area contributed by atoms with Crippen LogP contribution in [0.25, 0.3) is 22.9 Å². The fourth-order valence-corrected chi connectivity index (χ4v) is 3.55. The molecule has 5 heteroatoms. The average molecular weight is 376 g/mol. The first-order valence-corrected chi connectivity index (χ1v) is 9.31. The van der Waals surface area contributed by atoms with Gasteiger partial charge in [-0.1, -0.05) is 24.3 Å². The van der Waals surface area contributed by atoms with Crippen LogP contribution in [-0.4, -0.2) is 19.2 Å². The van der Waals surface area contributed by atoms with Gasteiger partial charge in [0.2, 0.25) is 0 Å². The first-order valence-electron chi connectivity index (χ1n) is 8.43. The van der Waals surface area contributed by atoms with Gasteiger partial charge in [-0.25, -0.2) is 4.98 Å². The number of methoxy groups -OCH3 is 2.